The number of aryl methyl sites for hydroxylation is 1. The Morgan fingerprint density at radius 2 is 1.86 bits per heavy atom. The predicted molar refractivity (Wildman–Crippen MR) is 83.9 cm³/mol. The molecule has 3 nitrogen and oxygen atoms in total. The lowest BCUT2D eigenvalue weighted by Gasteiger charge is -2.20. The third kappa shape index (κ3) is 5.46. The van der Waals surface area contributed by atoms with Crippen LogP contribution in [0.3, 0.4) is 0 Å². The molecule has 2 N–H and O–H groups in total. The Hall–Kier alpha value is -1.42. The van der Waals surface area contributed by atoms with Crippen molar-refractivity contribution in [2.75, 3.05) is 11.9 Å². The Balaban J connectivity index is 1.77. The molecule has 0 atom stereocenters. The number of hydrogen-bond acceptors (Lipinski definition) is 2. The third-order valence-corrected chi connectivity index (χ3v) is 4.11. The van der Waals surface area contributed by atoms with Gasteiger partial charge < -0.3 is 10.6 Å². The molecule has 1 aromatic carbocycles. The molecular weight excluding hydrogens is 267 g/mol. The van der Waals surface area contributed by atoms with Crippen molar-refractivity contribution in [3.63, 3.8) is 0 Å². The highest BCUT2D eigenvalue weighted by molar-refractivity contribution is 5.92. The van der Waals surface area contributed by atoms with Crippen LogP contribution < -0.4 is 10.6 Å². The van der Waals surface area contributed by atoms with Crippen molar-refractivity contribution in [3.05, 3.63) is 29.6 Å². The largest absolute Gasteiger partial charge is 0.325 e. The highest BCUT2D eigenvalue weighted by Crippen LogP contribution is 2.17. The van der Waals surface area contributed by atoms with Crippen LogP contribution in [0.25, 0.3) is 0 Å². The maximum Gasteiger partial charge on any atom is 0.238 e. The SMILES string of the molecule is Cc1ccc(NC(=O)CNC2CCCCCCC2)cc1F. The van der Waals surface area contributed by atoms with Gasteiger partial charge >= 0.3 is 0 Å². The van der Waals surface area contributed by atoms with Crippen molar-refractivity contribution >= 4 is 11.6 Å². The molecule has 2 rings (SSSR count). The summed E-state index contributed by atoms with van der Waals surface area (Å²) >= 11 is 0. The summed E-state index contributed by atoms with van der Waals surface area (Å²) < 4.78 is 13.4. The van der Waals surface area contributed by atoms with E-state index in [0.29, 0.717) is 23.8 Å². The van der Waals surface area contributed by atoms with Crippen LogP contribution in [-0.2, 0) is 4.79 Å². The van der Waals surface area contributed by atoms with Crippen molar-refractivity contribution in [2.45, 2.75) is 57.9 Å². The minimum Gasteiger partial charge on any atom is -0.325 e. The number of carbonyl (C=O) groups is 1. The molecule has 1 saturated carbocycles. The summed E-state index contributed by atoms with van der Waals surface area (Å²) in [5.41, 5.74) is 1.10. The molecule has 0 spiro atoms. The van der Waals surface area contributed by atoms with Crippen molar-refractivity contribution in [3.8, 4) is 0 Å². The zero-order chi connectivity index (χ0) is 15.1. The minimum absolute atomic E-state index is 0.111. The summed E-state index contributed by atoms with van der Waals surface area (Å²) in [4.78, 5) is 11.9. The van der Waals surface area contributed by atoms with Gasteiger partial charge in [0.2, 0.25) is 5.91 Å². The van der Waals surface area contributed by atoms with Crippen molar-refractivity contribution in [2.24, 2.45) is 0 Å². The van der Waals surface area contributed by atoms with Gasteiger partial charge in [0.05, 0.1) is 6.54 Å². The quantitative estimate of drug-likeness (QED) is 0.887. The lowest BCUT2D eigenvalue weighted by atomic mass is 9.97. The number of anilines is 1. The zero-order valence-electron chi connectivity index (χ0n) is 12.8. The summed E-state index contributed by atoms with van der Waals surface area (Å²) in [6.07, 6.45) is 8.70. The van der Waals surface area contributed by atoms with Crippen molar-refractivity contribution in [1.82, 2.24) is 5.32 Å². The lowest BCUT2D eigenvalue weighted by molar-refractivity contribution is -0.115. The highest BCUT2D eigenvalue weighted by Gasteiger charge is 2.12. The molecule has 0 aliphatic heterocycles. The smallest absolute Gasteiger partial charge is 0.238 e. The van der Waals surface area contributed by atoms with Gasteiger partial charge in [0, 0.05) is 11.7 Å². The fraction of sp³-hybridized carbons (Fsp3) is 0.588. The van der Waals surface area contributed by atoms with Gasteiger partial charge in [0.1, 0.15) is 5.82 Å². The Bertz CT molecular complexity index is 468. The molecule has 1 amide bonds. The summed E-state index contributed by atoms with van der Waals surface area (Å²) in [6.45, 7) is 2.00. The molecule has 0 bridgehead atoms. The van der Waals surface area contributed by atoms with Crippen LogP contribution in [0.1, 0.15) is 50.5 Å². The second kappa shape index (κ2) is 8.13. The second-order valence-electron chi connectivity index (χ2n) is 5.94. The Kier molecular flexibility index (Phi) is 6.18. The van der Waals surface area contributed by atoms with E-state index < -0.39 is 0 Å². The van der Waals surface area contributed by atoms with Crippen molar-refractivity contribution < 1.29 is 9.18 Å². The molecule has 1 aromatic rings. The number of amides is 1. The molecule has 0 unspecified atom stereocenters. The number of hydrogen-bond donors (Lipinski definition) is 2. The van der Waals surface area contributed by atoms with Gasteiger partial charge in [0.15, 0.2) is 0 Å². The minimum atomic E-state index is -0.291. The van der Waals surface area contributed by atoms with E-state index in [4.69, 9.17) is 0 Å². The first-order chi connectivity index (χ1) is 10.1. The summed E-state index contributed by atoms with van der Waals surface area (Å²) in [6, 6.07) is 5.20. The van der Waals surface area contributed by atoms with E-state index in [9.17, 15) is 9.18 Å². The molecule has 0 heterocycles. The summed E-state index contributed by atoms with van der Waals surface area (Å²) in [5.74, 6) is -0.402. The zero-order valence-corrected chi connectivity index (χ0v) is 12.8. The van der Waals surface area contributed by atoms with Gasteiger partial charge in [-0.2, -0.15) is 0 Å². The number of carbonyl (C=O) groups excluding carboxylic acids is 1. The molecule has 1 aliphatic rings. The number of benzene rings is 1. The van der Waals surface area contributed by atoms with Gasteiger partial charge in [-0.05, 0) is 37.5 Å². The van der Waals surface area contributed by atoms with Crippen LogP contribution in [0.2, 0.25) is 0 Å². The van der Waals surface area contributed by atoms with E-state index in [0.717, 1.165) is 12.8 Å². The monoisotopic (exact) mass is 292 g/mol. The molecule has 0 aromatic heterocycles. The van der Waals surface area contributed by atoms with Gasteiger partial charge in [-0.3, -0.25) is 4.79 Å². The van der Waals surface area contributed by atoms with Crippen molar-refractivity contribution in [1.29, 1.82) is 0 Å². The van der Waals surface area contributed by atoms with Gasteiger partial charge in [-0.25, -0.2) is 4.39 Å². The summed E-state index contributed by atoms with van der Waals surface area (Å²) in [5, 5.41) is 6.07. The number of halogens is 1. The molecule has 21 heavy (non-hydrogen) atoms. The maximum absolute atomic E-state index is 13.4. The van der Waals surface area contributed by atoms with E-state index in [2.05, 4.69) is 10.6 Å². The van der Waals surface area contributed by atoms with E-state index in [1.165, 1.54) is 38.2 Å². The maximum atomic E-state index is 13.4. The number of rotatable bonds is 4. The first kappa shape index (κ1) is 16.0. The van der Waals surface area contributed by atoms with Gasteiger partial charge in [0.25, 0.3) is 0 Å². The van der Waals surface area contributed by atoms with E-state index in [1.807, 2.05) is 0 Å². The van der Waals surface area contributed by atoms with Crippen LogP contribution >= 0.6 is 0 Å². The topological polar surface area (TPSA) is 41.1 Å². The standard InChI is InChI=1S/C17H25FN2O/c1-13-9-10-15(11-16(13)18)20-17(21)12-19-14-7-5-3-2-4-6-8-14/h9-11,14,19H,2-8,12H2,1H3,(H,20,21). The second-order valence-corrected chi connectivity index (χ2v) is 5.94. The Labute approximate surface area is 126 Å². The van der Waals surface area contributed by atoms with Crippen LogP contribution in [0, 0.1) is 12.7 Å². The van der Waals surface area contributed by atoms with E-state index in [1.54, 1.807) is 19.1 Å². The van der Waals surface area contributed by atoms with E-state index >= 15 is 0 Å². The first-order valence-corrected chi connectivity index (χ1v) is 7.94. The molecule has 0 saturated heterocycles. The predicted octanol–water partition coefficient (Wildman–Crippen LogP) is 3.78. The molecule has 1 aliphatic carbocycles. The molecule has 0 radical (unpaired) electrons. The average Bonchev–Trinajstić information content (AvgIpc) is 2.42. The van der Waals surface area contributed by atoms with Crippen LogP contribution in [0.15, 0.2) is 18.2 Å². The fourth-order valence-corrected chi connectivity index (χ4v) is 2.77. The molecule has 4 heteroatoms. The average molecular weight is 292 g/mol. The normalized spacial score (nSPS) is 17.0. The van der Waals surface area contributed by atoms with Crippen LogP contribution in [0.4, 0.5) is 10.1 Å². The first-order valence-electron chi connectivity index (χ1n) is 7.94. The highest BCUT2D eigenvalue weighted by atomic mass is 19.1. The fourth-order valence-electron chi connectivity index (χ4n) is 2.77. The van der Waals surface area contributed by atoms with Crippen LogP contribution in [0.5, 0.6) is 0 Å². The van der Waals surface area contributed by atoms with Gasteiger partial charge in [-0.1, -0.05) is 38.2 Å². The third-order valence-electron chi connectivity index (χ3n) is 4.11. The Morgan fingerprint density at radius 3 is 2.52 bits per heavy atom. The molecule has 116 valence electrons. The molecular formula is C17H25FN2O. The van der Waals surface area contributed by atoms with Crippen LogP contribution in [-0.4, -0.2) is 18.5 Å². The van der Waals surface area contributed by atoms with E-state index in [-0.39, 0.29) is 11.7 Å². The number of nitrogens with one attached hydrogen (secondary N) is 2. The lowest BCUT2D eigenvalue weighted by Crippen LogP contribution is -2.36. The van der Waals surface area contributed by atoms with Gasteiger partial charge in [-0.15, -0.1) is 0 Å². The Morgan fingerprint density at radius 1 is 1.19 bits per heavy atom. The summed E-state index contributed by atoms with van der Waals surface area (Å²) in [7, 11) is 0. The molecule has 1 fully saturated rings.